The highest BCUT2D eigenvalue weighted by Gasteiger charge is 2.35. The van der Waals surface area contributed by atoms with Crippen molar-refractivity contribution < 1.29 is 4.79 Å². The molecule has 2 N–H and O–H groups in total. The minimum Gasteiger partial charge on any atom is -0.324 e. The number of para-hydroxylation sites is 1. The molecule has 1 aliphatic carbocycles. The van der Waals surface area contributed by atoms with Gasteiger partial charge in [-0.05, 0) is 36.8 Å². The molecule has 0 aromatic heterocycles. The summed E-state index contributed by atoms with van der Waals surface area (Å²) in [6.07, 6.45) is 4.28. The third kappa shape index (κ3) is 2.16. The summed E-state index contributed by atoms with van der Waals surface area (Å²) in [6, 6.07) is 8.16. The van der Waals surface area contributed by atoms with Crippen molar-refractivity contribution in [2.45, 2.75) is 38.6 Å². The average molecular weight is 258 g/mol. The van der Waals surface area contributed by atoms with Crippen molar-refractivity contribution in [3.63, 3.8) is 0 Å². The number of benzene rings is 1. The summed E-state index contributed by atoms with van der Waals surface area (Å²) in [5.74, 6) is 1.04. The van der Waals surface area contributed by atoms with E-state index < -0.39 is 0 Å². The molecule has 2 aliphatic rings. The number of rotatable bonds is 1. The van der Waals surface area contributed by atoms with Gasteiger partial charge >= 0.3 is 0 Å². The van der Waals surface area contributed by atoms with E-state index in [9.17, 15) is 4.79 Å². The van der Waals surface area contributed by atoms with Gasteiger partial charge in [-0.3, -0.25) is 4.79 Å². The highest BCUT2D eigenvalue weighted by atomic mass is 16.2. The number of nitrogens with two attached hydrogens (primary N) is 1. The third-order valence-electron chi connectivity index (χ3n) is 4.74. The van der Waals surface area contributed by atoms with Crippen molar-refractivity contribution in [3.8, 4) is 0 Å². The molecule has 3 heteroatoms. The second-order valence-electron chi connectivity index (χ2n) is 5.96. The van der Waals surface area contributed by atoms with E-state index in [0.29, 0.717) is 11.8 Å². The Bertz CT molecular complexity index is 485. The van der Waals surface area contributed by atoms with Crippen LogP contribution < -0.4 is 10.6 Å². The van der Waals surface area contributed by atoms with Crippen LogP contribution in [-0.2, 0) is 4.79 Å². The fourth-order valence-electron chi connectivity index (χ4n) is 3.53. The predicted octanol–water partition coefficient (Wildman–Crippen LogP) is 2.86. The van der Waals surface area contributed by atoms with Gasteiger partial charge in [-0.15, -0.1) is 0 Å². The van der Waals surface area contributed by atoms with Crippen molar-refractivity contribution in [2.75, 3.05) is 11.4 Å². The number of fused-ring (bicyclic) bond motifs is 1. The molecule has 0 bridgehead atoms. The SMILES string of the molecule is CC1CCCC1C(=O)N1CCC(N)c2ccccc21. The molecule has 0 radical (unpaired) electrons. The lowest BCUT2D eigenvalue weighted by molar-refractivity contribution is -0.123. The van der Waals surface area contributed by atoms with Gasteiger partial charge in [-0.25, -0.2) is 0 Å². The van der Waals surface area contributed by atoms with Crippen molar-refractivity contribution in [1.82, 2.24) is 0 Å². The van der Waals surface area contributed by atoms with Crippen molar-refractivity contribution in [3.05, 3.63) is 29.8 Å². The van der Waals surface area contributed by atoms with E-state index in [-0.39, 0.29) is 12.0 Å². The number of hydrogen-bond acceptors (Lipinski definition) is 2. The van der Waals surface area contributed by atoms with E-state index in [2.05, 4.69) is 13.0 Å². The lowest BCUT2D eigenvalue weighted by Gasteiger charge is -2.35. The van der Waals surface area contributed by atoms with E-state index in [4.69, 9.17) is 5.73 Å². The Hall–Kier alpha value is -1.35. The Morgan fingerprint density at radius 2 is 2.05 bits per heavy atom. The Balaban J connectivity index is 1.90. The maximum atomic E-state index is 12.8. The van der Waals surface area contributed by atoms with Gasteiger partial charge in [0.2, 0.25) is 5.91 Å². The first-order valence-corrected chi connectivity index (χ1v) is 7.34. The van der Waals surface area contributed by atoms with Crippen LogP contribution in [0.15, 0.2) is 24.3 Å². The molecular formula is C16H22N2O. The molecule has 0 spiro atoms. The van der Waals surface area contributed by atoms with Crippen LogP contribution >= 0.6 is 0 Å². The largest absolute Gasteiger partial charge is 0.324 e. The summed E-state index contributed by atoms with van der Waals surface area (Å²) in [7, 11) is 0. The monoisotopic (exact) mass is 258 g/mol. The molecule has 1 fully saturated rings. The van der Waals surface area contributed by atoms with Gasteiger partial charge in [-0.2, -0.15) is 0 Å². The van der Waals surface area contributed by atoms with Crippen LogP contribution in [0.2, 0.25) is 0 Å². The minimum atomic E-state index is 0.0706. The predicted molar refractivity (Wildman–Crippen MR) is 76.8 cm³/mol. The van der Waals surface area contributed by atoms with Crippen LogP contribution in [0.3, 0.4) is 0 Å². The van der Waals surface area contributed by atoms with Gasteiger partial charge < -0.3 is 10.6 Å². The van der Waals surface area contributed by atoms with Gasteiger partial charge in [0.15, 0.2) is 0 Å². The molecule has 3 atom stereocenters. The van der Waals surface area contributed by atoms with E-state index in [0.717, 1.165) is 30.6 Å². The number of nitrogens with zero attached hydrogens (tertiary/aromatic N) is 1. The summed E-state index contributed by atoms with van der Waals surface area (Å²) in [4.78, 5) is 14.7. The topological polar surface area (TPSA) is 46.3 Å². The number of amides is 1. The second-order valence-corrected chi connectivity index (χ2v) is 5.96. The maximum Gasteiger partial charge on any atom is 0.230 e. The molecule has 1 aliphatic heterocycles. The number of anilines is 1. The molecule has 1 heterocycles. The van der Waals surface area contributed by atoms with Crippen LogP contribution in [0, 0.1) is 11.8 Å². The standard InChI is InChI=1S/C16H22N2O/c1-11-5-4-7-12(11)16(19)18-10-9-14(17)13-6-2-3-8-15(13)18/h2-3,6,8,11-12,14H,4-5,7,9-10,17H2,1H3. The van der Waals surface area contributed by atoms with Crippen LogP contribution in [0.1, 0.15) is 44.2 Å². The highest BCUT2D eigenvalue weighted by molar-refractivity contribution is 5.96. The Morgan fingerprint density at radius 1 is 1.26 bits per heavy atom. The van der Waals surface area contributed by atoms with Crippen molar-refractivity contribution in [2.24, 2.45) is 17.6 Å². The summed E-state index contributed by atoms with van der Waals surface area (Å²) in [6.45, 7) is 2.97. The van der Waals surface area contributed by atoms with Gasteiger partial charge in [-0.1, -0.05) is 31.5 Å². The molecule has 3 nitrogen and oxygen atoms in total. The summed E-state index contributed by atoms with van der Waals surface area (Å²) in [5.41, 5.74) is 8.30. The summed E-state index contributed by atoms with van der Waals surface area (Å²) in [5, 5.41) is 0. The molecule has 1 amide bonds. The molecule has 1 saturated carbocycles. The Morgan fingerprint density at radius 3 is 2.79 bits per heavy atom. The lowest BCUT2D eigenvalue weighted by Crippen LogP contribution is -2.42. The third-order valence-corrected chi connectivity index (χ3v) is 4.74. The molecule has 102 valence electrons. The molecule has 3 rings (SSSR count). The van der Waals surface area contributed by atoms with Crippen LogP contribution in [0.25, 0.3) is 0 Å². The maximum absolute atomic E-state index is 12.8. The summed E-state index contributed by atoms with van der Waals surface area (Å²) < 4.78 is 0. The lowest BCUT2D eigenvalue weighted by atomic mass is 9.92. The quantitative estimate of drug-likeness (QED) is 0.842. The fourth-order valence-corrected chi connectivity index (χ4v) is 3.53. The zero-order valence-electron chi connectivity index (χ0n) is 11.5. The average Bonchev–Trinajstić information content (AvgIpc) is 2.85. The zero-order chi connectivity index (χ0) is 13.4. The Kier molecular flexibility index (Phi) is 3.31. The van der Waals surface area contributed by atoms with E-state index in [1.807, 2.05) is 23.1 Å². The minimum absolute atomic E-state index is 0.0706. The van der Waals surface area contributed by atoms with Gasteiger partial charge in [0.1, 0.15) is 0 Å². The normalized spacial score (nSPS) is 30.2. The van der Waals surface area contributed by atoms with Gasteiger partial charge in [0.25, 0.3) is 0 Å². The summed E-state index contributed by atoms with van der Waals surface area (Å²) >= 11 is 0. The van der Waals surface area contributed by atoms with E-state index in [1.165, 1.54) is 12.8 Å². The molecule has 1 aromatic carbocycles. The first-order chi connectivity index (χ1) is 9.18. The molecule has 0 saturated heterocycles. The second kappa shape index (κ2) is 4.97. The first-order valence-electron chi connectivity index (χ1n) is 7.34. The van der Waals surface area contributed by atoms with Gasteiger partial charge in [0.05, 0.1) is 0 Å². The molecule has 1 aromatic rings. The first kappa shape index (κ1) is 12.7. The van der Waals surface area contributed by atoms with Gasteiger partial charge in [0, 0.05) is 24.2 Å². The van der Waals surface area contributed by atoms with Crippen LogP contribution in [0.5, 0.6) is 0 Å². The number of hydrogen-bond donors (Lipinski definition) is 1. The van der Waals surface area contributed by atoms with Crippen LogP contribution in [0.4, 0.5) is 5.69 Å². The highest BCUT2D eigenvalue weighted by Crippen LogP contribution is 2.37. The zero-order valence-corrected chi connectivity index (χ0v) is 11.5. The van der Waals surface area contributed by atoms with Crippen molar-refractivity contribution >= 4 is 11.6 Å². The molecular weight excluding hydrogens is 236 g/mol. The van der Waals surface area contributed by atoms with E-state index >= 15 is 0 Å². The van der Waals surface area contributed by atoms with Crippen molar-refractivity contribution in [1.29, 1.82) is 0 Å². The van der Waals surface area contributed by atoms with E-state index in [1.54, 1.807) is 0 Å². The number of carbonyl (C=O) groups is 1. The number of carbonyl (C=O) groups excluding carboxylic acids is 1. The smallest absolute Gasteiger partial charge is 0.230 e. The fraction of sp³-hybridized carbons (Fsp3) is 0.562. The Labute approximate surface area is 114 Å². The molecule has 3 unspecified atom stereocenters. The van der Waals surface area contributed by atoms with Crippen LogP contribution in [-0.4, -0.2) is 12.5 Å². The molecule has 19 heavy (non-hydrogen) atoms.